The Morgan fingerprint density at radius 1 is 1.47 bits per heavy atom. The summed E-state index contributed by atoms with van der Waals surface area (Å²) < 4.78 is 6.74. The molecule has 0 aromatic carbocycles. The summed E-state index contributed by atoms with van der Waals surface area (Å²) in [7, 11) is 0. The summed E-state index contributed by atoms with van der Waals surface area (Å²) in [6.45, 7) is 0. The van der Waals surface area contributed by atoms with E-state index in [-0.39, 0.29) is 5.78 Å². The van der Waals surface area contributed by atoms with E-state index in [0.717, 1.165) is 4.47 Å². The van der Waals surface area contributed by atoms with Crippen molar-refractivity contribution in [2.24, 2.45) is 0 Å². The highest BCUT2D eigenvalue weighted by Crippen LogP contribution is 2.34. The zero-order valence-corrected chi connectivity index (χ0v) is 11.8. The van der Waals surface area contributed by atoms with Gasteiger partial charge in [0.25, 0.3) is 0 Å². The molecule has 2 aromatic rings. The Kier molecular flexibility index (Phi) is 3.35. The van der Waals surface area contributed by atoms with Gasteiger partial charge in [0.1, 0.15) is 4.34 Å². The van der Waals surface area contributed by atoms with E-state index in [4.69, 9.17) is 16.0 Å². The molecule has 0 fully saturated rings. The molecule has 2 rings (SSSR count). The van der Waals surface area contributed by atoms with E-state index in [1.54, 1.807) is 12.1 Å². The van der Waals surface area contributed by atoms with Crippen molar-refractivity contribution in [1.29, 1.82) is 0 Å². The Morgan fingerprint density at radius 2 is 2.20 bits per heavy atom. The molecule has 0 amide bonds. The summed E-state index contributed by atoms with van der Waals surface area (Å²) in [6, 6.07) is 3.32. The molecular weight excluding hydrogens is 367 g/mol. The molecule has 0 saturated heterocycles. The van der Waals surface area contributed by atoms with Gasteiger partial charge in [0.15, 0.2) is 4.67 Å². The minimum atomic E-state index is -0.103. The van der Waals surface area contributed by atoms with Gasteiger partial charge in [0, 0.05) is 4.47 Å². The van der Waals surface area contributed by atoms with Gasteiger partial charge in [-0.25, -0.2) is 0 Å². The predicted octanol–water partition coefficient (Wildman–Crippen LogP) is 4.75. The molecule has 6 heteroatoms. The second-order valence-electron chi connectivity index (χ2n) is 2.67. The fourth-order valence-corrected chi connectivity index (χ4v) is 3.12. The van der Waals surface area contributed by atoms with Gasteiger partial charge in [-0.15, -0.1) is 11.3 Å². The lowest BCUT2D eigenvalue weighted by Gasteiger charge is -1.92. The van der Waals surface area contributed by atoms with E-state index in [9.17, 15) is 4.79 Å². The Labute approximate surface area is 111 Å². The van der Waals surface area contributed by atoms with E-state index in [0.29, 0.717) is 19.4 Å². The van der Waals surface area contributed by atoms with Gasteiger partial charge in [0.2, 0.25) is 5.78 Å². The number of rotatable bonds is 2. The van der Waals surface area contributed by atoms with Crippen LogP contribution in [0.15, 0.2) is 32.0 Å². The molecule has 0 spiro atoms. The van der Waals surface area contributed by atoms with Crippen molar-refractivity contribution in [3.63, 3.8) is 0 Å². The van der Waals surface area contributed by atoms with Crippen molar-refractivity contribution < 1.29 is 9.21 Å². The van der Waals surface area contributed by atoms with Crippen LogP contribution in [0.2, 0.25) is 4.34 Å². The van der Waals surface area contributed by atoms with E-state index >= 15 is 0 Å². The monoisotopic (exact) mass is 368 g/mol. The predicted molar refractivity (Wildman–Crippen MR) is 66.9 cm³/mol. The van der Waals surface area contributed by atoms with Crippen molar-refractivity contribution in [2.45, 2.75) is 0 Å². The lowest BCUT2D eigenvalue weighted by atomic mass is 10.2. The second kappa shape index (κ2) is 4.41. The van der Waals surface area contributed by atoms with Gasteiger partial charge in [0.05, 0.1) is 16.7 Å². The number of halogens is 3. The average Bonchev–Trinajstić information content (AvgIpc) is 2.74. The SMILES string of the molecule is O=C(c1cc(Br)c(Cl)s1)c1ccoc1Br. The number of carbonyl (C=O) groups excluding carboxylic acids is 1. The zero-order chi connectivity index (χ0) is 11.0. The largest absolute Gasteiger partial charge is 0.457 e. The van der Waals surface area contributed by atoms with Crippen LogP contribution in [-0.2, 0) is 0 Å². The van der Waals surface area contributed by atoms with Crippen LogP contribution in [0.3, 0.4) is 0 Å². The molecule has 0 bridgehead atoms. The highest BCUT2D eigenvalue weighted by Gasteiger charge is 2.18. The van der Waals surface area contributed by atoms with Crippen LogP contribution in [0, 0.1) is 0 Å². The van der Waals surface area contributed by atoms with Crippen LogP contribution in [0.4, 0.5) is 0 Å². The normalized spacial score (nSPS) is 10.6. The van der Waals surface area contributed by atoms with Crippen LogP contribution in [0.25, 0.3) is 0 Å². The van der Waals surface area contributed by atoms with Crippen molar-refractivity contribution in [1.82, 2.24) is 0 Å². The minimum Gasteiger partial charge on any atom is -0.457 e. The molecule has 0 aliphatic rings. The summed E-state index contributed by atoms with van der Waals surface area (Å²) in [6.07, 6.45) is 1.46. The topological polar surface area (TPSA) is 30.2 Å². The first-order chi connectivity index (χ1) is 7.09. The van der Waals surface area contributed by atoms with Gasteiger partial charge in [-0.1, -0.05) is 11.6 Å². The van der Waals surface area contributed by atoms with E-state index < -0.39 is 0 Å². The van der Waals surface area contributed by atoms with Gasteiger partial charge < -0.3 is 4.42 Å². The Hall–Kier alpha value is -0.100. The molecule has 0 aliphatic heterocycles. The first-order valence-corrected chi connectivity index (χ1v) is 6.60. The molecule has 78 valence electrons. The Morgan fingerprint density at radius 3 is 2.67 bits per heavy atom. The van der Waals surface area contributed by atoms with Crippen molar-refractivity contribution in [3.8, 4) is 0 Å². The highest BCUT2D eigenvalue weighted by molar-refractivity contribution is 9.10. The molecule has 2 heterocycles. The van der Waals surface area contributed by atoms with E-state index in [1.807, 2.05) is 0 Å². The maximum absolute atomic E-state index is 11.9. The zero-order valence-electron chi connectivity index (χ0n) is 7.09. The summed E-state index contributed by atoms with van der Waals surface area (Å²) in [5.41, 5.74) is 0.500. The van der Waals surface area contributed by atoms with Gasteiger partial charge in [-0.05, 0) is 44.0 Å². The smallest absolute Gasteiger partial charge is 0.207 e. The molecule has 0 saturated carbocycles. The molecule has 0 aliphatic carbocycles. The van der Waals surface area contributed by atoms with Crippen molar-refractivity contribution in [3.05, 3.63) is 42.3 Å². The Balaban J connectivity index is 2.41. The lowest BCUT2D eigenvalue weighted by Crippen LogP contribution is -1.96. The fourth-order valence-electron chi connectivity index (χ4n) is 1.05. The molecule has 0 N–H and O–H groups in total. The third-order valence-electron chi connectivity index (χ3n) is 1.73. The fraction of sp³-hybridized carbons (Fsp3) is 0. The number of carbonyl (C=O) groups is 1. The van der Waals surface area contributed by atoms with E-state index in [1.165, 1.54) is 17.6 Å². The highest BCUT2D eigenvalue weighted by atomic mass is 79.9. The van der Waals surface area contributed by atoms with Crippen LogP contribution < -0.4 is 0 Å². The minimum absolute atomic E-state index is 0.103. The van der Waals surface area contributed by atoms with Gasteiger partial charge in [-0.3, -0.25) is 4.79 Å². The quantitative estimate of drug-likeness (QED) is 0.714. The number of furan rings is 1. The number of hydrogen-bond acceptors (Lipinski definition) is 3. The van der Waals surface area contributed by atoms with Gasteiger partial charge in [-0.2, -0.15) is 0 Å². The standard InChI is InChI=1S/C9H3Br2ClO2S/c10-5-3-6(15-9(5)12)7(13)4-1-2-14-8(4)11/h1-3H. The molecule has 0 radical (unpaired) electrons. The maximum Gasteiger partial charge on any atom is 0.207 e. The maximum atomic E-state index is 11.9. The molecule has 2 aromatic heterocycles. The lowest BCUT2D eigenvalue weighted by molar-refractivity contribution is 0.104. The molecule has 2 nitrogen and oxygen atoms in total. The number of thiophene rings is 1. The molecule has 15 heavy (non-hydrogen) atoms. The summed E-state index contributed by atoms with van der Waals surface area (Å²) in [5, 5.41) is 0. The Bertz CT molecular complexity index is 498. The van der Waals surface area contributed by atoms with Crippen molar-refractivity contribution in [2.75, 3.05) is 0 Å². The summed E-state index contributed by atoms with van der Waals surface area (Å²) in [5.74, 6) is -0.103. The van der Waals surface area contributed by atoms with Crippen LogP contribution in [0.1, 0.15) is 15.2 Å². The van der Waals surface area contributed by atoms with Crippen LogP contribution in [0.5, 0.6) is 0 Å². The van der Waals surface area contributed by atoms with Crippen molar-refractivity contribution >= 4 is 60.6 Å². The third-order valence-corrected chi connectivity index (χ3v) is 4.82. The molecule has 0 unspecified atom stereocenters. The third kappa shape index (κ3) is 2.20. The first-order valence-electron chi connectivity index (χ1n) is 3.82. The number of hydrogen-bond donors (Lipinski definition) is 0. The average molecular weight is 370 g/mol. The van der Waals surface area contributed by atoms with Crippen LogP contribution in [-0.4, -0.2) is 5.78 Å². The second-order valence-corrected chi connectivity index (χ2v) is 5.90. The summed E-state index contributed by atoms with van der Waals surface area (Å²) in [4.78, 5) is 12.5. The summed E-state index contributed by atoms with van der Waals surface area (Å²) >= 11 is 13.5. The molecule has 0 atom stereocenters. The van der Waals surface area contributed by atoms with E-state index in [2.05, 4.69) is 31.9 Å². The number of ketones is 1. The van der Waals surface area contributed by atoms with Gasteiger partial charge >= 0.3 is 0 Å². The first kappa shape index (κ1) is 11.4. The van der Waals surface area contributed by atoms with Crippen LogP contribution >= 0.6 is 54.8 Å². The molecular formula is C9H3Br2ClO2S.